The summed E-state index contributed by atoms with van der Waals surface area (Å²) in [5.74, 6) is -1.13. The number of hydrogen-bond donors (Lipinski definition) is 1. The summed E-state index contributed by atoms with van der Waals surface area (Å²) in [6.45, 7) is 5.11. The van der Waals surface area contributed by atoms with Gasteiger partial charge in [-0.25, -0.2) is 13.8 Å². The summed E-state index contributed by atoms with van der Waals surface area (Å²) in [5.41, 5.74) is -0.00171. The van der Waals surface area contributed by atoms with E-state index in [-0.39, 0.29) is 17.4 Å². The Morgan fingerprint density at radius 1 is 1.38 bits per heavy atom. The Balaban J connectivity index is 3.04. The van der Waals surface area contributed by atoms with Gasteiger partial charge in [-0.3, -0.25) is 0 Å². The first-order chi connectivity index (χ1) is 6.02. The highest BCUT2D eigenvalue weighted by Crippen LogP contribution is 2.17. The summed E-state index contributed by atoms with van der Waals surface area (Å²) in [6, 6.07) is 0.0758. The molecule has 0 amide bonds. The monoisotopic (exact) mass is 186 g/mol. The van der Waals surface area contributed by atoms with Gasteiger partial charge < -0.3 is 5.32 Å². The summed E-state index contributed by atoms with van der Waals surface area (Å²) in [6.07, 6.45) is 1.02. The van der Waals surface area contributed by atoms with Crippen LogP contribution >= 0.6 is 0 Å². The van der Waals surface area contributed by atoms with E-state index in [9.17, 15) is 8.78 Å². The van der Waals surface area contributed by atoms with Crippen LogP contribution in [0.4, 0.5) is 14.6 Å². The number of anilines is 1. The van der Waals surface area contributed by atoms with Crippen molar-refractivity contribution in [2.24, 2.45) is 0 Å². The average molecular weight is 186 g/mol. The van der Waals surface area contributed by atoms with E-state index >= 15 is 0 Å². The topological polar surface area (TPSA) is 24.9 Å². The molecule has 1 N–H and O–H groups in total. The van der Waals surface area contributed by atoms with Crippen LogP contribution in [0.15, 0.2) is 6.20 Å². The molecule has 0 saturated carbocycles. The van der Waals surface area contributed by atoms with Crippen LogP contribution in [0.2, 0.25) is 0 Å². The van der Waals surface area contributed by atoms with Crippen LogP contribution in [0, 0.1) is 18.6 Å². The van der Waals surface area contributed by atoms with E-state index in [1.807, 2.05) is 13.8 Å². The minimum atomic E-state index is -0.619. The second-order valence-electron chi connectivity index (χ2n) is 3.19. The minimum absolute atomic E-state index is 0.00171. The molecule has 13 heavy (non-hydrogen) atoms. The molecule has 4 heteroatoms. The SMILES string of the molecule is Cc1c(F)cnc(NC(C)C)c1F. The molecule has 0 saturated heterocycles. The highest BCUT2D eigenvalue weighted by molar-refractivity contribution is 5.40. The lowest BCUT2D eigenvalue weighted by atomic mass is 10.2. The highest BCUT2D eigenvalue weighted by atomic mass is 19.1. The maximum absolute atomic E-state index is 13.3. The van der Waals surface area contributed by atoms with Crippen molar-refractivity contribution in [1.82, 2.24) is 4.98 Å². The van der Waals surface area contributed by atoms with Gasteiger partial charge in [0.05, 0.1) is 6.20 Å². The molecule has 0 fully saturated rings. The molecular weight excluding hydrogens is 174 g/mol. The first kappa shape index (κ1) is 9.89. The second-order valence-corrected chi connectivity index (χ2v) is 3.19. The summed E-state index contributed by atoms with van der Waals surface area (Å²) >= 11 is 0. The van der Waals surface area contributed by atoms with Crippen molar-refractivity contribution < 1.29 is 8.78 Å². The van der Waals surface area contributed by atoms with Gasteiger partial charge in [0.1, 0.15) is 5.82 Å². The van der Waals surface area contributed by atoms with Crippen LogP contribution in [0.3, 0.4) is 0 Å². The Labute approximate surface area is 76.0 Å². The molecule has 0 aliphatic carbocycles. The molecule has 72 valence electrons. The summed E-state index contributed by atoms with van der Waals surface area (Å²) < 4.78 is 26.0. The van der Waals surface area contributed by atoms with Gasteiger partial charge >= 0.3 is 0 Å². The van der Waals surface area contributed by atoms with E-state index in [1.165, 1.54) is 6.92 Å². The largest absolute Gasteiger partial charge is 0.365 e. The summed E-state index contributed by atoms with van der Waals surface area (Å²) in [4.78, 5) is 3.62. The fraction of sp³-hybridized carbons (Fsp3) is 0.444. The van der Waals surface area contributed by atoms with Crippen molar-refractivity contribution in [2.45, 2.75) is 26.8 Å². The van der Waals surface area contributed by atoms with Gasteiger partial charge in [0.25, 0.3) is 0 Å². The molecule has 0 aliphatic heterocycles. The molecule has 0 unspecified atom stereocenters. The minimum Gasteiger partial charge on any atom is -0.365 e. The number of aromatic nitrogens is 1. The van der Waals surface area contributed by atoms with Crippen molar-refractivity contribution in [3.63, 3.8) is 0 Å². The summed E-state index contributed by atoms with van der Waals surface area (Å²) in [5, 5.41) is 2.79. The molecule has 1 heterocycles. The van der Waals surface area contributed by atoms with E-state index in [0.717, 1.165) is 6.20 Å². The van der Waals surface area contributed by atoms with Crippen LogP contribution in [0.1, 0.15) is 19.4 Å². The van der Waals surface area contributed by atoms with Gasteiger partial charge in [0, 0.05) is 11.6 Å². The third-order valence-corrected chi connectivity index (χ3v) is 1.63. The number of nitrogens with zero attached hydrogens (tertiary/aromatic N) is 1. The average Bonchev–Trinajstić information content (AvgIpc) is 2.06. The molecule has 1 rings (SSSR count). The van der Waals surface area contributed by atoms with Crippen molar-refractivity contribution in [3.8, 4) is 0 Å². The molecule has 0 aromatic carbocycles. The Morgan fingerprint density at radius 2 is 2.00 bits per heavy atom. The summed E-state index contributed by atoms with van der Waals surface area (Å²) in [7, 11) is 0. The van der Waals surface area contributed by atoms with Crippen molar-refractivity contribution >= 4 is 5.82 Å². The van der Waals surface area contributed by atoms with Crippen molar-refractivity contribution in [1.29, 1.82) is 0 Å². The number of hydrogen-bond acceptors (Lipinski definition) is 2. The molecule has 0 spiro atoms. The van der Waals surface area contributed by atoms with E-state index in [0.29, 0.717) is 0 Å². The maximum Gasteiger partial charge on any atom is 0.171 e. The van der Waals surface area contributed by atoms with Gasteiger partial charge in [0.15, 0.2) is 11.6 Å². The lowest BCUT2D eigenvalue weighted by Gasteiger charge is -2.10. The number of rotatable bonds is 2. The fourth-order valence-electron chi connectivity index (χ4n) is 0.931. The zero-order chi connectivity index (χ0) is 10.0. The molecule has 0 aliphatic rings. The van der Waals surface area contributed by atoms with Crippen LogP contribution in [0.5, 0.6) is 0 Å². The van der Waals surface area contributed by atoms with Gasteiger partial charge in [-0.1, -0.05) is 0 Å². The zero-order valence-corrected chi connectivity index (χ0v) is 7.86. The van der Waals surface area contributed by atoms with E-state index in [2.05, 4.69) is 10.3 Å². The lowest BCUT2D eigenvalue weighted by molar-refractivity contribution is 0.559. The third-order valence-electron chi connectivity index (χ3n) is 1.63. The van der Waals surface area contributed by atoms with E-state index in [4.69, 9.17) is 0 Å². The molecular formula is C9H12F2N2. The van der Waals surface area contributed by atoms with Gasteiger partial charge in [0.2, 0.25) is 0 Å². The van der Waals surface area contributed by atoms with Crippen LogP contribution < -0.4 is 5.32 Å². The first-order valence-corrected chi connectivity index (χ1v) is 4.09. The molecule has 0 bridgehead atoms. The van der Waals surface area contributed by atoms with Gasteiger partial charge in [-0.15, -0.1) is 0 Å². The van der Waals surface area contributed by atoms with Gasteiger partial charge in [-0.05, 0) is 20.8 Å². The Hall–Kier alpha value is -1.19. The highest BCUT2D eigenvalue weighted by Gasteiger charge is 2.11. The van der Waals surface area contributed by atoms with Crippen LogP contribution in [-0.2, 0) is 0 Å². The van der Waals surface area contributed by atoms with Crippen molar-refractivity contribution in [2.75, 3.05) is 5.32 Å². The second kappa shape index (κ2) is 3.68. The fourth-order valence-corrected chi connectivity index (χ4v) is 0.931. The van der Waals surface area contributed by atoms with E-state index < -0.39 is 11.6 Å². The number of halogens is 2. The molecule has 2 nitrogen and oxygen atoms in total. The molecule has 0 atom stereocenters. The van der Waals surface area contributed by atoms with E-state index in [1.54, 1.807) is 0 Å². The predicted molar refractivity (Wildman–Crippen MR) is 47.6 cm³/mol. The quantitative estimate of drug-likeness (QED) is 0.767. The third kappa shape index (κ3) is 2.14. The normalized spacial score (nSPS) is 10.6. The smallest absolute Gasteiger partial charge is 0.171 e. The van der Waals surface area contributed by atoms with Crippen molar-refractivity contribution in [3.05, 3.63) is 23.4 Å². The Bertz CT molecular complexity index is 311. The standard InChI is InChI=1S/C9H12F2N2/c1-5(2)13-9-8(11)6(3)7(10)4-12-9/h4-5H,1-3H3,(H,12,13). The number of nitrogens with one attached hydrogen (secondary N) is 1. The van der Waals surface area contributed by atoms with Crippen LogP contribution in [-0.4, -0.2) is 11.0 Å². The first-order valence-electron chi connectivity index (χ1n) is 4.09. The lowest BCUT2D eigenvalue weighted by Crippen LogP contribution is -2.13. The molecule has 1 aromatic rings. The Kier molecular flexibility index (Phi) is 2.80. The van der Waals surface area contributed by atoms with Crippen LogP contribution in [0.25, 0.3) is 0 Å². The molecule has 0 radical (unpaired) electrons. The predicted octanol–water partition coefficient (Wildman–Crippen LogP) is 2.49. The number of pyridine rings is 1. The maximum atomic E-state index is 13.3. The molecule has 1 aromatic heterocycles. The van der Waals surface area contributed by atoms with Gasteiger partial charge in [-0.2, -0.15) is 0 Å². The zero-order valence-electron chi connectivity index (χ0n) is 7.86. The Morgan fingerprint density at radius 3 is 2.54 bits per heavy atom.